The Balaban J connectivity index is 3.59. The monoisotopic (exact) mass is 180 g/mol. The molecule has 0 heteroatoms. The summed E-state index contributed by atoms with van der Waals surface area (Å²) in [5, 5.41) is 0. The van der Waals surface area contributed by atoms with Gasteiger partial charge in [-0.05, 0) is 46.0 Å². The van der Waals surface area contributed by atoms with E-state index in [1.165, 1.54) is 37.7 Å². The lowest BCUT2D eigenvalue weighted by Crippen LogP contribution is -1.80. The predicted molar refractivity (Wildman–Crippen MR) is 61.9 cm³/mol. The van der Waals surface area contributed by atoms with Crippen molar-refractivity contribution in [2.75, 3.05) is 0 Å². The first-order chi connectivity index (χ1) is 6.24. The lowest BCUT2D eigenvalue weighted by molar-refractivity contribution is 0.816. The van der Waals surface area contributed by atoms with Gasteiger partial charge in [0.15, 0.2) is 0 Å². The van der Waals surface area contributed by atoms with Gasteiger partial charge in [-0.3, -0.25) is 0 Å². The molecule has 0 aromatic carbocycles. The average Bonchev–Trinajstić information content (AvgIpc) is 2.18. The molecule has 0 radical (unpaired) electrons. The van der Waals surface area contributed by atoms with Crippen LogP contribution in [-0.4, -0.2) is 0 Å². The average molecular weight is 180 g/mol. The highest BCUT2D eigenvalue weighted by atomic mass is 14.0. The molecule has 0 spiro atoms. The summed E-state index contributed by atoms with van der Waals surface area (Å²) >= 11 is 0. The van der Waals surface area contributed by atoms with Crippen molar-refractivity contribution in [2.45, 2.75) is 59.8 Å². The molecule has 13 heavy (non-hydrogen) atoms. The van der Waals surface area contributed by atoms with Gasteiger partial charge in [0.2, 0.25) is 0 Å². The largest absolute Gasteiger partial charge is 0.0887 e. The van der Waals surface area contributed by atoms with Crippen LogP contribution in [0.2, 0.25) is 0 Å². The van der Waals surface area contributed by atoms with Crippen molar-refractivity contribution in [1.29, 1.82) is 0 Å². The van der Waals surface area contributed by atoms with Gasteiger partial charge >= 0.3 is 0 Å². The Morgan fingerprint density at radius 3 is 2.23 bits per heavy atom. The predicted octanol–water partition coefficient (Wildman–Crippen LogP) is 4.87. The Hall–Kier alpha value is -0.520. The molecule has 0 saturated carbocycles. The molecule has 0 aromatic heterocycles. The van der Waals surface area contributed by atoms with E-state index >= 15 is 0 Å². The summed E-state index contributed by atoms with van der Waals surface area (Å²) in [7, 11) is 0. The van der Waals surface area contributed by atoms with Crippen LogP contribution in [0.3, 0.4) is 0 Å². The SMILES string of the molecule is CC=C(C)CCCC=C(CC)CC. The Labute approximate surface area is 83.7 Å². The normalized spacial score (nSPS) is 11.5. The van der Waals surface area contributed by atoms with Crippen LogP contribution in [0, 0.1) is 0 Å². The van der Waals surface area contributed by atoms with E-state index < -0.39 is 0 Å². The fourth-order valence-corrected chi connectivity index (χ4v) is 1.37. The molecular formula is C13H24. The fraction of sp³-hybridized carbons (Fsp3) is 0.692. The van der Waals surface area contributed by atoms with Gasteiger partial charge in [0.05, 0.1) is 0 Å². The van der Waals surface area contributed by atoms with Crippen molar-refractivity contribution >= 4 is 0 Å². The summed E-state index contributed by atoms with van der Waals surface area (Å²) in [5.74, 6) is 0. The number of hydrogen-bond donors (Lipinski definition) is 0. The molecule has 0 heterocycles. The smallest absolute Gasteiger partial charge is 0.0320 e. The van der Waals surface area contributed by atoms with Gasteiger partial charge in [0.1, 0.15) is 0 Å². The molecule has 0 atom stereocenters. The molecule has 76 valence electrons. The Bertz CT molecular complexity index is 166. The molecule has 0 saturated heterocycles. The molecule has 0 nitrogen and oxygen atoms in total. The van der Waals surface area contributed by atoms with Crippen LogP contribution in [0.1, 0.15) is 59.8 Å². The molecule has 0 N–H and O–H groups in total. The van der Waals surface area contributed by atoms with Crippen LogP contribution in [0.5, 0.6) is 0 Å². The minimum absolute atomic E-state index is 1.22. The third-order valence-corrected chi connectivity index (χ3v) is 2.61. The maximum absolute atomic E-state index is 2.42. The number of allylic oxidation sites excluding steroid dienone is 4. The summed E-state index contributed by atoms with van der Waals surface area (Å²) in [5.41, 5.74) is 3.13. The maximum atomic E-state index is 2.42. The molecule has 0 fully saturated rings. The third kappa shape index (κ3) is 6.62. The Kier molecular flexibility index (Phi) is 7.77. The molecule has 0 aliphatic rings. The molecule has 0 unspecified atom stereocenters. The molecule has 0 rings (SSSR count). The van der Waals surface area contributed by atoms with Crippen LogP contribution < -0.4 is 0 Å². The molecule has 0 aliphatic heterocycles. The van der Waals surface area contributed by atoms with Gasteiger partial charge in [-0.2, -0.15) is 0 Å². The van der Waals surface area contributed by atoms with Gasteiger partial charge in [-0.1, -0.05) is 37.1 Å². The number of hydrogen-bond acceptors (Lipinski definition) is 0. The quantitative estimate of drug-likeness (QED) is 0.404. The minimum atomic E-state index is 1.22. The van der Waals surface area contributed by atoms with E-state index in [4.69, 9.17) is 0 Å². The van der Waals surface area contributed by atoms with Crippen LogP contribution in [0.4, 0.5) is 0 Å². The first-order valence-corrected chi connectivity index (χ1v) is 5.54. The molecule has 0 amide bonds. The van der Waals surface area contributed by atoms with Gasteiger partial charge in [-0.15, -0.1) is 0 Å². The Morgan fingerprint density at radius 1 is 1.15 bits per heavy atom. The van der Waals surface area contributed by atoms with E-state index in [-0.39, 0.29) is 0 Å². The third-order valence-electron chi connectivity index (χ3n) is 2.61. The maximum Gasteiger partial charge on any atom is -0.0320 e. The molecule has 0 bridgehead atoms. The van der Waals surface area contributed by atoms with E-state index in [1.54, 1.807) is 5.57 Å². The highest BCUT2D eigenvalue weighted by molar-refractivity contribution is 5.01. The second kappa shape index (κ2) is 8.10. The van der Waals surface area contributed by atoms with E-state index in [1.807, 2.05) is 0 Å². The molecule has 0 aliphatic carbocycles. The van der Waals surface area contributed by atoms with E-state index in [0.717, 1.165) is 0 Å². The van der Waals surface area contributed by atoms with Gasteiger partial charge in [0, 0.05) is 0 Å². The first-order valence-electron chi connectivity index (χ1n) is 5.54. The lowest BCUT2D eigenvalue weighted by Gasteiger charge is -2.01. The van der Waals surface area contributed by atoms with Gasteiger partial charge in [0.25, 0.3) is 0 Å². The van der Waals surface area contributed by atoms with Crippen LogP contribution in [0.15, 0.2) is 23.3 Å². The van der Waals surface area contributed by atoms with Crippen molar-refractivity contribution in [3.8, 4) is 0 Å². The van der Waals surface area contributed by atoms with Crippen molar-refractivity contribution in [2.24, 2.45) is 0 Å². The van der Waals surface area contributed by atoms with E-state index in [0.29, 0.717) is 0 Å². The number of unbranched alkanes of at least 4 members (excludes halogenated alkanes) is 1. The highest BCUT2D eigenvalue weighted by Gasteiger charge is 1.91. The van der Waals surface area contributed by atoms with Crippen LogP contribution in [-0.2, 0) is 0 Å². The lowest BCUT2D eigenvalue weighted by atomic mass is 10.1. The zero-order valence-electron chi connectivity index (χ0n) is 9.69. The Morgan fingerprint density at radius 2 is 1.77 bits per heavy atom. The number of rotatable bonds is 6. The van der Waals surface area contributed by atoms with Crippen molar-refractivity contribution in [3.05, 3.63) is 23.3 Å². The van der Waals surface area contributed by atoms with Crippen molar-refractivity contribution in [3.63, 3.8) is 0 Å². The summed E-state index contributed by atoms with van der Waals surface area (Å²) in [6.07, 6.45) is 10.9. The fourth-order valence-electron chi connectivity index (χ4n) is 1.37. The van der Waals surface area contributed by atoms with Crippen molar-refractivity contribution in [1.82, 2.24) is 0 Å². The summed E-state index contributed by atoms with van der Waals surface area (Å²) in [4.78, 5) is 0. The molecule has 0 aromatic rings. The summed E-state index contributed by atoms with van der Waals surface area (Å²) in [6, 6.07) is 0. The molecular weight excluding hydrogens is 156 g/mol. The van der Waals surface area contributed by atoms with E-state index in [2.05, 4.69) is 39.8 Å². The topological polar surface area (TPSA) is 0 Å². The van der Waals surface area contributed by atoms with Crippen LogP contribution >= 0.6 is 0 Å². The standard InChI is InChI=1S/C13H24/c1-5-12(4)10-8-9-11-13(6-2)7-3/h5,11H,6-10H2,1-4H3. The van der Waals surface area contributed by atoms with Crippen LogP contribution in [0.25, 0.3) is 0 Å². The minimum Gasteiger partial charge on any atom is -0.0887 e. The summed E-state index contributed by atoms with van der Waals surface area (Å²) in [6.45, 7) is 8.82. The second-order valence-electron chi connectivity index (χ2n) is 3.60. The first kappa shape index (κ1) is 12.5. The highest BCUT2D eigenvalue weighted by Crippen LogP contribution is 2.11. The second-order valence-corrected chi connectivity index (χ2v) is 3.60. The van der Waals surface area contributed by atoms with Gasteiger partial charge in [-0.25, -0.2) is 0 Å². The zero-order chi connectivity index (χ0) is 10.1. The van der Waals surface area contributed by atoms with E-state index in [9.17, 15) is 0 Å². The zero-order valence-corrected chi connectivity index (χ0v) is 9.69. The summed E-state index contributed by atoms with van der Waals surface area (Å²) < 4.78 is 0. The van der Waals surface area contributed by atoms with Gasteiger partial charge < -0.3 is 0 Å². The van der Waals surface area contributed by atoms with Crippen molar-refractivity contribution < 1.29 is 0 Å².